The van der Waals surface area contributed by atoms with Crippen LogP contribution in [0.15, 0.2) is 267 Å². The van der Waals surface area contributed by atoms with Crippen molar-refractivity contribution in [2.45, 2.75) is 82.3 Å². The zero-order chi connectivity index (χ0) is 65.6. The fraction of sp³-hybridized carbons (Fsp3) is 0.128. The average molecular weight is 1240 g/mol. The Kier molecular flexibility index (Phi) is 15.0. The van der Waals surface area contributed by atoms with E-state index in [-0.39, 0.29) is 0 Å². The molecule has 0 unspecified atom stereocenters. The quantitative estimate of drug-likeness (QED) is 0.128. The van der Waals surface area contributed by atoms with Gasteiger partial charge in [0.1, 0.15) is 0 Å². The molecular weight excluding hydrogens is 1160 g/mol. The van der Waals surface area contributed by atoms with Gasteiger partial charge in [0, 0.05) is 56.7 Å². The smallest absolute Gasteiger partial charge is 0.0491 e. The third kappa shape index (κ3) is 10.1. The fourth-order valence-electron chi connectivity index (χ4n) is 15.6. The molecule has 0 aliphatic rings. The number of aromatic nitrogens is 2. The van der Waals surface area contributed by atoms with Crippen LogP contribution in [-0.4, -0.2) is 9.13 Å². The Morgan fingerprint density at radius 3 is 0.677 bits per heavy atom. The van der Waals surface area contributed by atoms with E-state index in [1.54, 1.807) is 0 Å². The van der Waals surface area contributed by atoms with Crippen molar-refractivity contribution >= 4 is 86.7 Å². The SMILES string of the molecule is CCn1c2ccccc2c2cc(-c3ccc(-c4c5cc(C)c(C)cc5c(-c5ccc(-c6ccccc6)cc5)c5cc(C)c(C)cc45)cc3)ccc21.CCn1c2ccccc2c2cc(-c3ccc(-c4c5cc(C)c(C)cc5c(-c5ccccc5)c5cc(C)c(C)cc45)cc3)ccc21. The maximum absolute atomic E-state index is 2.42. The molecular formula is C94H78N2. The van der Waals surface area contributed by atoms with Gasteiger partial charge in [0.15, 0.2) is 0 Å². The second kappa shape index (κ2) is 24.1. The van der Waals surface area contributed by atoms with Crippen molar-refractivity contribution in [2.24, 2.45) is 0 Å². The van der Waals surface area contributed by atoms with Gasteiger partial charge in [0.25, 0.3) is 0 Å². The zero-order valence-electron chi connectivity index (χ0n) is 56.7. The Morgan fingerprint density at radius 2 is 0.385 bits per heavy atom. The molecule has 0 saturated heterocycles. The van der Waals surface area contributed by atoms with E-state index in [1.807, 2.05) is 0 Å². The Bertz CT molecular complexity index is 5800. The molecule has 0 amide bonds. The zero-order valence-corrected chi connectivity index (χ0v) is 56.7. The fourth-order valence-corrected chi connectivity index (χ4v) is 15.6. The number of benzene rings is 15. The number of aryl methyl sites for hydroxylation is 10. The predicted octanol–water partition coefficient (Wildman–Crippen LogP) is 26.4. The van der Waals surface area contributed by atoms with E-state index >= 15 is 0 Å². The van der Waals surface area contributed by atoms with Gasteiger partial charge in [-0.3, -0.25) is 0 Å². The largest absolute Gasteiger partial charge is 0.341 e. The van der Waals surface area contributed by atoms with Crippen LogP contribution in [-0.2, 0) is 13.1 Å². The van der Waals surface area contributed by atoms with Crippen LogP contribution in [0.1, 0.15) is 58.4 Å². The summed E-state index contributed by atoms with van der Waals surface area (Å²) >= 11 is 0. The molecule has 0 radical (unpaired) electrons. The summed E-state index contributed by atoms with van der Waals surface area (Å²) in [6.07, 6.45) is 0. The van der Waals surface area contributed by atoms with Gasteiger partial charge in [-0.2, -0.15) is 0 Å². The van der Waals surface area contributed by atoms with Gasteiger partial charge in [-0.15, -0.1) is 0 Å². The molecule has 17 rings (SSSR count). The number of nitrogens with zero attached hydrogens (tertiary/aromatic N) is 2. The minimum atomic E-state index is 0.954. The molecule has 2 nitrogen and oxygen atoms in total. The van der Waals surface area contributed by atoms with Crippen molar-refractivity contribution < 1.29 is 0 Å². The van der Waals surface area contributed by atoms with Crippen molar-refractivity contribution in [2.75, 3.05) is 0 Å². The van der Waals surface area contributed by atoms with Crippen molar-refractivity contribution in [1.82, 2.24) is 9.13 Å². The highest BCUT2D eigenvalue weighted by Gasteiger charge is 2.23. The minimum absolute atomic E-state index is 0.954. The summed E-state index contributed by atoms with van der Waals surface area (Å²) in [5.41, 5.74) is 33.5. The van der Waals surface area contributed by atoms with Crippen LogP contribution >= 0.6 is 0 Å². The lowest BCUT2D eigenvalue weighted by atomic mass is 9.83. The standard InChI is InChI=1S/C50H41N.C44H37N/c1-6-51-47-15-11-10-14-41(47)42-30-40(24-25-48(42)51)37-18-22-39(23-19-37)50-45-28-33(4)31(2)26-43(45)49(44-27-32(3)34(5)29-46(44)50)38-20-16-36(17-21-38)35-12-8-7-9-13-35;1-6-45-41-15-11-10-14-35(41)36-26-34(20-21-42(36)45)31-16-18-33(19-17-31)44-39-24-29(4)27(2)22-37(39)43(32-12-8-7-9-13-32)38-23-28(3)30(5)25-40(38)44/h7-30H,6H2,1-5H3;7-26H,6H2,1-5H3. The third-order valence-corrected chi connectivity index (χ3v) is 21.2. The van der Waals surface area contributed by atoms with Crippen LogP contribution in [0.2, 0.25) is 0 Å². The Balaban J connectivity index is 0.000000152. The molecule has 0 saturated carbocycles. The maximum atomic E-state index is 2.42. The minimum Gasteiger partial charge on any atom is -0.341 e. The number of hydrogen-bond donors (Lipinski definition) is 0. The van der Waals surface area contributed by atoms with Gasteiger partial charge < -0.3 is 9.13 Å². The molecule has 0 fully saturated rings. The van der Waals surface area contributed by atoms with Crippen molar-refractivity contribution in [3.63, 3.8) is 0 Å². The molecule has 0 bridgehead atoms. The first-order valence-corrected chi connectivity index (χ1v) is 34.2. The van der Waals surface area contributed by atoms with E-state index < -0.39 is 0 Å². The van der Waals surface area contributed by atoms with E-state index in [1.165, 1.54) is 209 Å². The van der Waals surface area contributed by atoms with Crippen molar-refractivity contribution in [3.8, 4) is 77.9 Å². The molecule has 0 aliphatic carbocycles. The Morgan fingerprint density at radius 1 is 0.177 bits per heavy atom. The molecule has 2 heteroatoms. The lowest BCUT2D eigenvalue weighted by molar-refractivity contribution is 0.827. The van der Waals surface area contributed by atoms with E-state index in [0.717, 1.165) is 13.1 Å². The molecule has 96 heavy (non-hydrogen) atoms. The molecule has 2 aromatic heterocycles. The second-order valence-electron chi connectivity index (χ2n) is 26.9. The monoisotopic (exact) mass is 1230 g/mol. The first-order chi connectivity index (χ1) is 46.8. The molecule has 15 aromatic carbocycles. The van der Waals surface area contributed by atoms with E-state index in [9.17, 15) is 0 Å². The van der Waals surface area contributed by atoms with Gasteiger partial charge in [-0.05, 0) is 271 Å². The molecule has 2 heterocycles. The number of para-hydroxylation sites is 2. The summed E-state index contributed by atoms with van der Waals surface area (Å²) in [6.45, 7) is 24.3. The van der Waals surface area contributed by atoms with Crippen LogP contribution < -0.4 is 0 Å². The lowest BCUT2D eigenvalue weighted by Crippen LogP contribution is -1.95. The van der Waals surface area contributed by atoms with Crippen molar-refractivity contribution in [3.05, 3.63) is 311 Å². The van der Waals surface area contributed by atoms with E-state index in [2.05, 4.69) is 345 Å². The molecule has 0 aliphatic heterocycles. The third-order valence-electron chi connectivity index (χ3n) is 21.2. The van der Waals surface area contributed by atoms with E-state index in [4.69, 9.17) is 0 Å². The van der Waals surface area contributed by atoms with Gasteiger partial charge in [0.2, 0.25) is 0 Å². The normalized spacial score (nSPS) is 11.7. The first-order valence-electron chi connectivity index (χ1n) is 34.2. The van der Waals surface area contributed by atoms with Gasteiger partial charge >= 0.3 is 0 Å². The number of fused-ring (bicyclic) bond motifs is 10. The Labute approximate surface area is 564 Å². The highest BCUT2D eigenvalue weighted by molar-refractivity contribution is 6.24. The van der Waals surface area contributed by atoms with Crippen LogP contribution in [0.5, 0.6) is 0 Å². The highest BCUT2D eigenvalue weighted by atomic mass is 15.0. The summed E-state index contributed by atoms with van der Waals surface area (Å²) in [4.78, 5) is 0. The summed E-state index contributed by atoms with van der Waals surface area (Å²) in [5, 5.41) is 15.7. The van der Waals surface area contributed by atoms with Crippen molar-refractivity contribution in [1.29, 1.82) is 0 Å². The average Bonchev–Trinajstić information content (AvgIpc) is 1.23. The summed E-state index contributed by atoms with van der Waals surface area (Å²) < 4.78 is 4.84. The lowest BCUT2D eigenvalue weighted by Gasteiger charge is -2.21. The van der Waals surface area contributed by atoms with E-state index in [0.29, 0.717) is 0 Å². The van der Waals surface area contributed by atoms with Gasteiger partial charge in [0.05, 0.1) is 0 Å². The van der Waals surface area contributed by atoms with Gasteiger partial charge in [-0.25, -0.2) is 0 Å². The first kappa shape index (κ1) is 59.9. The molecule has 464 valence electrons. The number of hydrogen-bond acceptors (Lipinski definition) is 0. The van der Waals surface area contributed by atoms with Gasteiger partial charge in [-0.1, -0.05) is 231 Å². The number of rotatable bonds is 9. The molecule has 17 aromatic rings. The second-order valence-corrected chi connectivity index (χ2v) is 26.9. The van der Waals surface area contributed by atoms with Crippen LogP contribution in [0.25, 0.3) is 165 Å². The Hall–Kier alpha value is -11.1. The predicted molar refractivity (Wildman–Crippen MR) is 416 cm³/mol. The summed E-state index contributed by atoms with van der Waals surface area (Å²) in [6, 6.07) is 100. The molecule has 0 N–H and O–H groups in total. The van der Waals surface area contributed by atoms with Crippen LogP contribution in [0.3, 0.4) is 0 Å². The summed E-state index contributed by atoms with van der Waals surface area (Å²) in [5.74, 6) is 0. The maximum Gasteiger partial charge on any atom is 0.0491 e. The van der Waals surface area contributed by atoms with Crippen LogP contribution in [0, 0.1) is 55.4 Å². The summed E-state index contributed by atoms with van der Waals surface area (Å²) in [7, 11) is 0. The molecule has 0 atom stereocenters. The highest BCUT2D eigenvalue weighted by Crippen LogP contribution is 2.49. The van der Waals surface area contributed by atoms with Crippen LogP contribution in [0.4, 0.5) is 0 Å². The topological polar surface area (TPSA) is 9.86 Å². The molecule has 0 spiro atoms.